The van der Waals surface area contributed by atoms with Crippen molar-refractivity contribution >= 4 is 5.97 Å². The van der Waals surface area contributed by atoms with Crippen LogP contribution in [0.1, 0.15) is 26.7 Å². The van der Waals surface area contributed by atoms with E-state index in [1.165, 1.54) is 0 Å². The van der Waals surface area contributed by atoms with E-state index in [1.54, 1.807) is 0 Å². The fourth-order valence-electron chi connectivity index (χ4n) is 0.476. The van der Waals surface area contributed by atoms with E-state index >= 15 is 0 Å². The highest BCUT2D eigenvalue weighted by atomic mass is 16.5. The summed E-state index contributed by atoms with van der Waals surface area (Å²) in [5.41, 5.74) is 5.38. The van der Waals surface area contributed by atoms with Crippen LogP contribution in [0.4, 0.5) is 0 Å². The van der Waals surface area contributed by atoms with E-state index in [0.717, 1.165) is 6.42 Å². The Bertz CT molecular complexity index is 104. The van der Waals surface area contributed by atoms with Crippen molar-refractivity contribution in [1.29, 1.82) is 0 Å². The first kappa shape index (κ1) is 9.43. The smallest absolute Gasteiger partial charge is 0.322 e. The summed E-state index contributed by atoms with van der Waals surface area (Å²) in [5.74, 6) is -0.288. The van der Waals surface area contributed by atoms with Crippen LogP contribution in [0.3, 0.4) is 0 Å². The zero-order valence-corrected chi connectivity index (χ0v) is 6.59. The van der Waals surface area contributed by atoms with Crippen LogP contribution in [0, 0.1) is 0 Å². The molecule has 0 fully saturated rings. The highest BCUT2D eigenvalue weighted by Crippen LogP contribution is 1.91. The second-order valence-corrected chi connectivity index (χ2v) is 2.18. The van der Waals surface area contributed by atoms with Crippen LogP contribution in [0.5, 0.6) is 0 Å². The maximum atomic E-state index is 10.8. The van der Waals surface area contributed by atoms with Crippen molar-refractivity contribution in [2.24, 2.45) is 5.73 Å². The van der Waals surface area contributed by atoms with Gasteiger partial charge in [-0.15, -0.1) is 0 Å². The lowest BCUT2D eigenvalue weighted by molar-refractivity contribution is -0.145. The van der Waals surface area contributed by atoms with Crippen LogP contribution in [-0.4, -0.2) is 18.6 Å². The molecule has 0 bridgehead atoms. The lowest BCUT2D eigenvalue weighted by Crippen LogP contribution is -2.31. The summed E-state index contributed by atoms with van der Waals surface area (Å²) in [6, 6.07) is -0.438. The second-order valence-electron chi connectivity index (χ2n) is 2.18. The number of esters is 1. The molecule has 3 nitrogen and oxygen atoms in total. The molecule has 0 saturated heterocycles. The average molecular weight is 145 g/mol. The van der Waals surface area contributed by atoms with Crippen LogP contribution in [0.15, 0.2) is 0 Å². The van der Waals surface area contributed by atoms with Crippen molar-refractivity contribution < 1.29 is 9.53 Å². The van der Waals surface area contributed by atoms with Crippen LogP contribution >= 0.6 is 0 Å². The van der Waals surface area contributed by atoms with Gasteiger partial charge in [0.1, 0.15) is 6.04 Å². The Morgan fingerprint density at radius 3 is 2.60 bits per heavy atom. The van der Waals surface area contributed by atoms with Gasteiger partial charge in [0.2, 0.25) is 0 Å². The minimum absolute atomic E-state index is 0.288. The first-order valence-corrected chi connectivity index (χ1v) is 3.64. The summed E-state index contributed by atoms with van der Waals surface area (Å²) >= 11 is 0. The van der Waals surface area contributed by atoms with Crippen LogP contribution < -0.4 is 5.73 Å². The molecule has 0 aliphatic heterocycles. The Labute approximate surface area is 61.5 Å². The molecule has 0 saturated carbocycles. The van der Waals surface area contributed by atoms with Crippen LogP contribution in [0.25, 0.3) is 0 Å². The Hall–Kier alpha value is -0.570. The van der Waals surface area contributed by atoms with E-state index in [-0.39, 0.29) is 5.97 Å². The van der Waals surface area contributed by atoms with Gasteiger partial charge in [-0.1, -0.05) is 13.8 Å². The van der Waals surface area contributed by atoms with E-state index in [4.69, 9.17) is 10.5 Å². The predicted molar refractivity (Wildman–Crippen MR) is 39.5 cm³/mol. The number of carbonyl (C=O) groups is 1. The minimum Gasteiger partial charge on any atom is -0.465 e. The second kappa shape index (κ2) is 5.23. The highest BCUT2D eigenvalue weighted by Gasteiger charge is 2.10. The highest BCUT2D eigenvalue weighted by molar-refractivity contribution is 5.75. The largest absolute Gasteiger partial charge is 0.465 e. The van der Waals surface area contributed by atoms with Crippen molar-refractivity contribution in [2.45, 2.75) is 32.7 Å². The van der Waals surface area contributed by atoms with Crippen molar-refractivity contribution in [3.05, 3.63) is 0 Å². The monoisotopic (exact) mass is 145 g/mol. The zero-order chi connectivity index (χ0) is 7.98. The maximum Gasteiger partial charge on any atom is 0.322 e. The van der Waals surface area contributed by atoms with Gasteiger partial charge < -0.3 is 10.5 Å². The first-order chi connectivity index (χ1) is 4.72. The zero-order valence-electron chi connectivity index (χ0n) is 6.59. The summed E-state index contributed by atoms with van der Waals surface area (Å²) in [6.07, 6.45) is 1.49. The van der Waals surface area contributed by atoms with Gasteiger partial charge >= 0.3 is 5.97 Å². The molecule has 0 unspecified atom stereocenters. The molecule has 2 N–H and O–H groups in total. The molecule has 1 atom stereocenters. The Kier molecular flexibility index (Phi) is 4.94. The van der Waals surface area contributed by atoms with E-state index < -0.39 is 6.04 Å². The summed E-state index contributed by atoms with van der Waals surface area (Å²) in [7, 11) is 0. The number of ether oxygens (including phenoxy) is 1. The van der Waals surface area contributed by atoms with E-state index in [2.05, 4.69) is 0 Å². The van der Waals surface area contributed by atoms with Gasteiger partial charge in [-0.05, 0) is 12.8 Å². The number of nitrogens with two attached hydrogens (primary N) is 1. The lowest BCUT2D eigenvalue weighted by Gasteiger charge is -2.07. The molecule has 0 aromatic heterocycles. The number of hydrogen-bond acceptors (Lipinski definition) is 3. The van der Waals surface area contributed by atoms with Crippen molar-refractivity contribution in [1.82, 2.24) is 0 Å². The minimum atomic E-state index is -0.438. The molecular formula is C7H15NO2. The molecule has 0 rings (SSSR count). The number of rotatable bonds is 4. The van der Waals surface area contributed by atoms with E-state index in [0.29, 0.717) is 13.0 Å². The van der Waals surface area contributed by atoms with Gasteiger partial charge in [0.15, 0.2) is 0 Å². The van der Waals surface area contributed by atoms with Crippen molar-refractivity contribution in [2.75, 3.05) is 6.61 Å². The van der Waals surface area contributed by atoms with E-state index in [1.807, 2.05) is 13.8 Å². The number of hydrogen-bond donors (Lipinski definition) is 1. The summed E-state index contributed by atoms with van der Waals surface area (Å²) in [5, 5.41) is 0. The van der Waals surface area contributed by atoms with Gasteiger partial charge in [-0.2, -0.15) is 0 Å². The Morgan fingerprint density at radius 2 is 2.20 bits per heavy atom. The number of carbonyl (C=O) groups excluding carboxylic acids is 1. The van der Waals surface area contributed by atoms with Gasteiger partial charge in [0.05, 0.1) is 6.61 Å². The lowest BCUT2D eigenvalue weighted by atomic mass is 10.2. The molecule has 0 aromatic carbocycles. The fourth-order valence-corrected chi connectivity index (χ4v) is 0.476. The van der Waals surface area contributed by atoms with Crippen LogP contribution in [-0.2, 0) is 9.53 Å². The standard InChI is InChI=1S/C7H15NO2/c1-3-5-10-7(9)6(8)4-2/h6H,3-5,8H2,1-2H3/t6-/m0/s1. The SMILES string of the molecule is CCCOC(=O)[C@@H](N)CC. The quantitative estimate of drug-likeness (QED) is 0.592. The predicted octanol–water partition coefficient (Wildman–Crippen LogP) is 0.677. The topological polar surface area (TPSA) is 52.3 Å². The molecule has 0 aliphatic carbocycles. The van der Waals surface area contributed by atoms with Crippen molar-refractivity contribution in [3.63, 3.8) is 0 Å². The third kappa shape index (κ3) is 3.45. The van der Waals surface area contributed by atoms with Crippen LogP contribution in [0.2, 0.25) is 0 Å². The van der Waals surface area contributed by atoms with Gasteiger partial charge in [0.25, 0.3) is 0 Å². The third-order valence-electron chi connectivity index (χ3n) is 1.19. The molecule has 0 aromatic rings. The van der Waals surface area contributed by atoms with E-state index in [9.17, 15) is 4.79 Å². The molecule has 3 heteroatoms. The molecule has 0 aliphatic rings. The summed E-state index contributed by atoms with van der Waals surface area (Å²) in [6.45, 7) is 4.29. The summed E-state index contributed by atoms with van der Waals surface area (Å²) in [4.78, 5) is 10.8. The van der Waals surface area contributed by atoms with Gasteiger partial charge in [-0.25, -0.2) is 0 Å². The molecular weight excluding hydrogens is 130 g/mol. The van der Waals surface area contributed by atoms with Crippen molar-refractivity contribution in [3.8, 4) is 0 Å². The molecule has 10 heavy (non-hydrogen) atoms. The maximum absolute atomic E-state index is 10.8. The Morgan fingerprint density at radius 1 is 1.60 bits per heavy atom. The molecule has 0 heterocycles. The molecule has 0 spiro atoms. The van der Waals surface area contributed by atoms with Gasteiger partial charge in [0, 0.05) is 0 Å². The third-order valence-corrected chi connectivity index (χ3v) is 1.19. The molecule has 60 valence electrons. The Balaban J connectivity index is 3.42. The van der Waals surface area contributed by atoms with Gasteiger partial charge in [-0.3, -0.25) is 4.79 Å². The molecule has 0 amide bonds. The summed E-state index contributed by atoms with van der Waals surface area (Å²) < 4.78 is 4.78. The normalized spacial score (nSPS) is 12.7. The fraction of sp³-hybridized carbons (Fsp3) is 0.857. The first-order valence-electron chi connectivity index (χ1n) is 3.64. The average Bonchev–Trinajstić information content (AvgIpc) is 1.98. The molecule has 0 radical (unpaired) electrons.